The lowest BCUT2D eigenvalue weighted by atomic mass is 10.0. The van der Waals surface area contributed by atoms with Gasteiger partial charge >= 0.3 is 0 Å². The number of rotatable bonds is 8. The number of primary amides is 1. The van der Waals surface area contributed by atoms with Crippen LogP contribution < -0.4 is 21.7 Å². The first-order chi connectivity index (χ1) is 12.4. The van der Waals surface area contributed by atoms with E-state index in [9.17, 15) is 4.79 Å². The van der Waals surface area contributed by atoms with Gasteiger partial charge in [-0.1, -0.05) is 26.0 Å². The Kier molecular flexibility index (Phi) is 6.52. The summed E-state index contributed by atoms with van der Waals surface area (Å²) in [6.45, 7) is 7.42. The molecule has 0 saturated carbocycles. The zero-order valence-corrected chi connectivity index (χ0v) is 15.9. The quantitative estimate of drug-likeness (QED) is 0.670. The second-order valence-electron chi connectivity index (χ2n) is 6.31. The number of carbonyl (C=O) groups is 1. The lowest BCUT2D eigenvalue weighted by molar-refractivity contribution is 0.0996. The standard InChI is InChI=1S/C19H28N6O/c1-5-15-19(25(4)6-2)24-18(16(23-15)17(21)26)22-14-9-7-8-13(10-14)12(3)11-20/h7-10,12H,5-6,11,20H2,1-4H3,(H2,21,26)(H,22,24)/t12-/m0/s1. The average molecular weight is 356 g/mol. The normalized spacial score (nSPS) is 11.9. The van der Waals surface area contributed by atoms with Gasteiger partial charge in [-0.05, 0) is 43.5 Å². The molecule has 7 nitrogen and oxygen atoms in total. The highest BCUT2D eigenvalue weighted by molar-refractivity contribution is 5.96. The Morgan fingerprint density at radius 1 is 1.31 bits per heavy atom. The monoisotopic (exact) mass is 356 g/mol. The van der Waals surface area contributed by atoms with E-state index in [0.29, 0.717) is 18.8 Å². The summed E-state index contributed by atoms with van der Waals surface area (Å²) in [7, 11) is 1.94. The first-order valence-corrected chi connectivity index (χ1v) is 8.90. The molecule has 0 aliphatic heterocycles. The smallest absolute Gasteiger partial charge is 0.271 e. The molecule has 2 aromatic rings. The van der Waals surface area contributed by atoms with Crippen LogP contribution in [0.2, 0.25) is 0 Å². The summed E-state index contributed by atoms with van der Waals surface area (Å²) in [6.07, 6.45) is 0.663. The van der Waals surface area contributed by atoms with Crippen molar-refractivity contribution in [2.45, 2.75) is 33.1 Å². The molecular formula is C19H28N6O. The fraction of sp³-hybridized carbons (Fsp3) is 0.421. The first kappa shape index (κ1) is 19.7. The van der Waals surface area contributed by atoms with Crippen LogP contribution in [0.3, 0.4) is 0 Å². The van der Waals surface area contributed by atoms with Gasteiger partial charge < -0.3 is 21.7 Å². The van der Waals surface area contributed by atoms with E-state index < -0.39 is 5.91 Å². The van der Waals surface area contributed by atoms with Crippen molar-refractivity contribution in [3.05, 3.63) is 41.2 Å². The van der Waals surface area contributed by atoms with Gasteiger partial charge in [0.1, 0.15) is 0 Å². The van der Waals surface area contributed by atoms with Crippen molar-refractivity contribution in [2.75, 3.05) is 30.4 Å². The number of carbonyl (C=O) groups excluding carboxylic acids is 1. The number of aromatic nitrogens is 2. The third kappa shape index (κ3) is 4.29. The Labute approximate surface area is 154 Å². The van der Waals surface area contributed by atoms with E-state index in [-0.39, 0.29) is 11.6 Å². The molecule has 0 saturated heterocycles. The Balaban J connectivity index is 2.49. The van der Waals surface area contributed by atoms with Crippen molar-refractivity contribution >= 4 is 23.2 Å². The van der Waals surface area contributed by atoms with Gasteiger partial charge in [-0.15, -0.1) is 0 Å². The van der Waals surface area contributed by atoms with Crippen molar-refractivity contribution < 1.29 is 4.79 Å². The Morgan fingerprint density at radius 2 is 2.04 bits per heavy atom. The van der Waals surface area contributed by atoms with Crippen LogP contribution in [-0.2, 0) is 6.42 Å². The van der Waals surface area contributed by atoms with Crippen molar-refractivity contribution in [3.63, 3.8) is 0 Å². The summed E-state index contributed by atoms with van der Waals surface area (Å²) < 4.78 is 0. The molecule has 0 spiro atoms. The molecular weight excluding hydrogens is 328 g/mol. The molecule has 2 rings (SSSR count). The molecule has 7 heteroatoms. The molecule has 140 valence electrons. The number of hydrogen-bond acceptors (Lipinski definition) is 6. The molecule has 1 amide bonds. The lowest BCUT2D eigenvalue weighted by Gasteiger charge is -2.21. The zero-order chi connectivity index (χ0) is 19.3. The summed E-state index contributed by atoms with van der Waals surface area (Å²) in [6, 6.07) is 7.89. The second kappa shape index (κ2) is 8.62. The van der Waals surface area contributed by atoms with E-state index in [0.717, 1.165) is 29.3 Å². The summed E-state index contributed by atoms with van der Waals surface area (Å²) in [5, 5.41) is 3.20. The minimum absolute atomic E-state index is 0.146. The third-order valence-corrected chi connectivity index (χ3v) is 4.42. The van der Waals surface area contributed by atoms with Gasteiger partial charge in [-0.3, -0.25) is 4.79 Å². The number of benzene rings is 1. The molecule has 5 N–H and O–H groups in total. The summed E-state index contributed by atoms with van der Waals surface area (Å²) >= 11 is 0. The highest BCUT2D eigenvalue weighted by atomic mass is 16.1. The molecule has 0 aliphatic rings. The van der Waals surface area contributed by atoms with Crippen molar-refractivity contribution in [3.8, 4) is 0 Å². The van der Waals surface area contributed by atoms with Gasteiger partial charge in [0.05, 0.1) is 5.69 Å². The topological polar surface area (TPSA) is 110 Å². The predicted molar refractivity (Wildman–Crippen MR) is 106 cm³/mol. The second-order valence-corrected chi connectivity index (χ2v) is 6.31. The highest BCUT2D eigenvalue weighted by Gasteiger charge is 2.19. The summed E-state index contributed by atoms with van der Waals surface area (Å²) in [4.78, 5) is 23.0. The van der Waals surface area contributed by atoms with E-state index >= 15 is 0 Å². The van der Waals surface area contributed by atoms with Crippen LogP contribution in [0.5, 0.6) is 0 Å². The van der Waals surface area contributed by atoms with E-state index in [1.54, 1.807) is 0 Å². The number of hydrogen-bond donors (Lipinski definition) is 3. The molecule has 1 atom stereocenters. The van der Waals surface area contributed by atoms with E-state index in [1.165, 1.54) is 0 Å². The van der Waals surface area contributed by atoms with Crippen molar-refractivity contribution in [2.24, 2.45) is 11.5 Å². The molecule has 0 bridgehead atoms. The number of nitrogens with zero attached hydrogens (tertiary/aromatic N) is 3. The maximum absolute atomic E-state index is 11.9. The van der Waals surface area contributed by atoms with Gasteiger partial charge in [-0.2, -0.15) is 0 Å². The average Bonchev–Trinajstić information content (AvgIpc) is 2.66. The minimum Gasteiger partial charge on any atom is -0.364 e. The molecule has 0 unspecified atom stereocenters. The van der Waals surface area contributed by atoms with Crippen LogP contribution in [-0.4, -0.2) is 36.0 Å². The van der Waals surface area contributed by atoms with Crippen LogP contribution in [0, 0.1) is 0 Å². The summed E-state index contributed by atoms with van der Waals surface area (Å²) in [5.74, 6) is 0.742. The SMILES string of the molecule is CCc1nc(C(N)=O)c(Nc2cccc([C@@H](C)CN)c2)nc1N(C)CC. The third-order valence-electron chi connectivity index (χ3n) is 4.42. The maximum atomic E-state index is 11.9. The number of nitrogens with two attached hydrogens (primary N) is 2. The van der Waals surface area contributed by atoms with E-state index in [2.05, 4.69) is 22.2 Å². The molecule has 1 heterocycles. The predicted octanol–water partition coefficient (Wildman–Crippen LogP) is 2.40. The van der Waals surface area contributed by atoms with E-state index in [1.807, 2.05) is 50.1 Å². The minimum atomic E-state index is -0.605. The number of aryl methyl sites for hydroxylation is 1. The molecule has 0 aliphatic carbocycles. The zero-order valence-electron chi connectivity index (χ0n) is 15.9. The molecule has 1 aromatic carbocycles. The van der Waals surface area contributed by atoms with Crippen LogP contribution in [0.25, 0.3) is 0 Å². The lowest BCUT2D eigenvalue weighted by Crippen LogP contribution is -2.24. The Morgan fingerprint density at radius 3 is 2.62 bits per heavy atom. The molecule has 1 aromatic heterocycles. The van der Waals surface area contributed by atoms with Crippen LogP contribution in [0.4, 0.5) is 17.3 Å². The van der Waals surface area contributed by atoms with Crippen LogP contribution in [0.15, 0.2) is 24.3 Å². The van der Waals surface area contributed by atoms with Gasteiger partial charge in [-0.25, -0.2) is 9.97 Å². The number of amides is 1. The molecule has 0 fully saturated rings. The Bertz CT molecular complexity index is 777. The number of anilines is 3. The first-order valence-electron chi connectivity index (χ1n) is 8.90. The Hall–Kier alpha value is -2.67. The largest absolute Gasteiger partial charge is 0.364 e. The maximum Gasteiger partial charge on any atom is 0.271 e. The van der Waals surface area contributed by atoms with Crippen LogP contribution >= 0.6 is 0 Å². The highest BCUT2D eigenvalue weighted by Crippen LogP contribution is 2.26. The van der Waals surface area contributed by atoms with Crippen LogP contribution in [0.1, 0.15) is 48.4 Å². The van der Waals surface area contributed by atoms with Gasteiger partial charge in [0.15, 0.2) is 17.3 Å². The van der Waals surface area contributed by atoms with Gasteiger partial charge in [0, 0.05) is 19.3 Å². The molecule has 26 heavy (non-hydrogen) atoms. The van der Waals surface area contributed by atoms with Gasteiger partial charge in [0.25, 0.3) is 5.91 Å². The van der Waals surface area contributed by atoms with Gasteiger partial charge in [0.2, 0.25) is 0 Å². The van der Waals surface area contributed by atoms with Crippen molar-refractivity contribution in [1.29, 1.82) is 0 Å². The van der Waals surface area contributed by atoms with Crippen molar-refractivity contribution in [1.82, 2.24) is 9.97 Å². The fourth-order valence-corrected chi connectivity index (χ4v) is 2.61. The fourth-order valence-electron chi connectivity index (χ4n) is 2.61. The van der Waals surface area contributed by atoms with E-state index in [4.69, 9.17) is 11.5 Å². The number of nitrogens with one attached hydrogen (secondary N) is 1. The summed E-state index contributed by atoms with van der Waals surface area (Å²) in [5.41, 5.74) is 14.1. The molecule has 0 radical (unpaired) electrons.